The largest absolute Gasteiger partial charge is 0.354 e. The van der Waals surface area contributed by atoms with Gasteiger partial charge < -0.3 is 16.4 Å². The van der Waals surface area contributed by atoms with Crippen LogP contribution in [0.15, 0.2) is 0 Å². The van der Waals surface area contributed by atoms with Gasteiger partial charge in [0, 0.05) is 6.54 Å². The average Bonchev–Trinajstić information content (AvgIpc) is 2.20. The van der Waals surface area contributed by atoms with E-state index in [-0.39, 0.29) is 11.8 Å². The molecule has 0 spiro atoms. The van der Waals surface area contributed by atoms with Crippen molar-refractivity contribution >= 4 is 11.8 Å². The summed E-state index contributed by atoms with van der Waals surface area (Å²) in [7, 11) is 0. The van der Waals surface area contributed by atoms with E-state index >= 15 is 0 Å². The Labute approximate surface area is 96.1 Å². The fraction of sp³-hybridized carbons (Fsp3) is 0.818. The zero-order chi connectivity index (χ0) is 12.1. The molecular weight excluding hydrogens is 206 g/mol. The third kappa shape index (κ3) is 3.81. The Morgan fingerprint density at radius 2 is 2.31 bits per heavy atom. The Balaban J connectivity index is 2.40. The van der Waals surface area contributed by atoms with Gasteiger partial charge in [-0.3, -0.25) is 9.59 Å². The van der Waals surface area contributed by atoms with Crippen molar-refractivity contribution < 1.29 is 9.59 Å². The predicted molar refractivity (Wildman–Crippen MR) is 61.6 cm³/mol. The number of nitrogens with one attached hydrogen (secondary N) is 2. The summed E-state index contributed by atoms with van der Waals surface area (Å²) in [6.07, 6.45) is 2.24. The lowest BCUT2D eigenvalue weighted by Crippen LogP contribution is -2.54. The summed E-state index contributed by atoms with van der Waals surface area (Å²) >= 11 is 0. The van der Waals surface area contributed by atoms with E-state index in [1.54, 1.807) is 0 Å². The molecular formula is C11H21N3O2. The van der Waals surface area contributed by atoms with Crippen molar-refractivity contribution in [2.45, 2.75) is 45.2 Å². The minimum Gasteiger partial charge on any atom is -0.354 e. The third-order valence-electron chi connectivity index (χ3n) is 2.66. The van der Waals surface area contributed by atoms with Gasteiger partial charge in [-0.1, -0.05) is 13.8 Å². The maximum absolute atomic E-state index is 11.7. The number of hydrogen-bond acceptors (Lipinski definition) is 3. The van der Waals surface area contributed by atoms with Crippen LogP contribution in [0.3, 0.4) is 0 Å². The van der Waals surface area contributed by atoms with Gasteiger partial charge in [0.05, 0.1) is 6.04 Å². The molecule has 0 aromatic heterocycles. The second kappa shape index (κ2) is 5.84. The summed E-state index contributed by atoms with van der Waals surface area (Å²) in [4.78, 5) is 23.1. The highest BCUT2D eigenvalue weighted by Gasteiger charge is 2.25. The molecule has 4 N–H and O–H groups in total. The number of carbonyl (C=O) groups is 2. The average molecular weight is 227 g/mol. The summed E-state index contributed by atoms with van der Waals surface area (Å²) in [6.45, 7) is 4.73. The molecule has 0 bridgehead atoms. The summed E-state index contributed by atoms with van der Waals surface area (Å²) in [6, 6.07) is -0.922. The van der Waals surface area contributed by atoms with Gasteiger partial charge in [0.25, 0.3) is 0 Å². The molecule has 2 amide bonds. The zero-order valence-electron chi connectivity index (χ0n) is 9.95. The molecule has 1 aliphatic rings. The van der Waals surface area contributed by atoms with Crippen molar-refractivity contribution in [1.82, 2.24) is 10.6 Å². The SMILES string of the molecule is CC(C)CC(N)C(=O)NC1CCCNC1=O. The number of hydrogen-bond donors (Lipinski definition) is 3. The highest BCUT2D eigenvalue weighted by atomic mass is 16.2. The first-order chi connectivity index (χ1) is 7.50. The van der Waals surface area contributed by atoms with Crippen molar-refractivity contribution in [3.8, 4) is 0 Å². The van der Waals surface area contributed by atoms with Crippen LogP contribution in [0, 0.1) is 5.92 Å². The predicted octanol–water partition coefficient (Wildman–Crippen LogP) is -0.245. The lowest BCUT2D eigenvalue weighted by atomic mass is 10.0. The molecule has 1 fully saturated rings. The second-order valence-electron chi connectivity index (χ2n) is 4.73. The molecule has 0 saturated carbocycles. The van der Waals surface area contributed by atoms with E-state index in [1.807, 2.05) is 13.8 Å². The summed E-state index contributed by atoms with van der Waals surface area (Å²) in [5.41, 5.74) is 5.74. The van der Waals surface area contributed by atoms with Crippen molar-refractivity contribution in [3.05, 3.63) is 0 Å². The van der Waals surface area contributed by atoms with Crippen LogP contribution in [0.5, 0.6) is 0 Å². The maximum atomic E-state index is 11.7. The molecule has 1 saturated heterocycles. The van der Waals surface area contributed by atoms with Crippen LogP contribution in [0.25, 0.3) is 0 Å². The van der Waals surface area contributed by atoms with Gasteiger partial charge in [0.1, 0.15) is 6.04 Å². The van der Waals surface area contributed by atoms with E-state index < -0.39 is 12.1 Å². The third-order valence-corrected chi connectivity index (χ3v) is 2.66. The summed E-state index contributed by atoms with van der Waals surface area (Å²) in [5.74, 6) is 0.0491. The van der Waals surface area contributed by atoms with Crippen molar-refractivity contribution in [1.29, 1.82) is 0 Å². The Morgan fingerprint density at radius 1 is 1.62 bits per heavy atom. The molecule has 5 nitrogen and oxygen atoms in total. The van der Waals surface area contributed by atoms with Crippen LogP contribution < -0.4 is 16.4 Å². The van der Waals surface area contributed by atoms with E-state index in [0.717, 1.165) is 6.42 Å². The van der Waals surface area contributed by atoms with Crippen molar-refractivity contribution in [3.63, 3.8) is 0 Å². The molecule has 5 heteroatoms. The Kier molecular flexibility index (Phi) is 4.73. The van der Waals surface area contributed by atoms with Gasteiger partial charge >= 0.3 is 0 Å². The highest BCUT2D eigenvalue weighted by molar-refractivity contribution is 5.89. The van der Waals surface area contributed by atoms with Gasteiger partial charge in [-0.05, 0) is 25.2 Å². The molecule has 0 radical (unpaired) electrons. The minimum absolute atomic E-state index is 0.101. The molecule has 2 atom stereocenters. The Morgan fingerprint density at radius 3 is 2.88 bits per heavy atom. The van der Waals surface area contributed by atoms with Gasteiger partial charge in [0.2, 0.25) is 11.8 Å². The first kappa shape index (κ1) is 13.0. The smallest absolute Gasteiger partial charge is 0.242 e. The van der Waals surface area contributed by atoms with Gasteiger partial charge in [-0.15, -0.1) is 0 Å². The lowest BCUT2D eigenvalue weighted by molar-refractivity contribution is -0.130. The number of carbonyl (C=O) groups excluding carboxylic acids is 2. The van der Waals surface area contributed by atoms with Gasteiger partial charge in [0.15, 0.2) is 0 Å². The topological polar surface area (TPSA) is 84.2 Å². The molecule has 16 heavy (non-hydrogen) atoms. The monoisotopic (exact) mass is 227 g/mol. The molecule has 1 aliphatic heterocycles. The van der Waals surface area contributed by atoms with Crippen LogP contribution in [0.4, 0.5) is 0 Å². The van der Waals surface area contributed by atoms with Crippen molar-refractivity contribution in [2.24, 2.45) is 11.7 Å². The molecule has 0 aromatic carbocycles. The molecule has 0 aliphatic carbocycles. The van der Waals surface area contributed by atoms with E-state index in [0.29, 0.717) is 25.3 Å². The standard InChI is InChI=1S/C11H21N3O2/c1-7(2)6-8(12)10(15)14-9-4-3-5-13-11(9)16/h7-9H,3-6,12H2,1-2H3,(H,13,16)(H,14,15). The summed E-state index contributed by atoms with van der Waals surface area (Å²) < 4.78 is 0. The maximum Gasteiger partial charge on any atom is 0.242 e. The van der Waals surface area contributed by atoms with Crippen LogP contribution in [0.1, 0.15) is 33.1 Å². The number of rotatable bonds is 4. The van der Waals surface area contributed by atoms with Gasteiger partial charge in [-0.2, -0.15) is 0 Å². The Hall–Kier alpha value is -1.10. The first-order valence-corrected chi connectivity index (χ1v) is 5.84. The number of piperidine rings is 1. The molecule has 92 valence electrons. The number of nitrogens with two attached hydrogens (primary N) is 1. The van der Waals surface area contributed by atoms with Crippen molar-refractivity contribution in [2.75, 3.05) is 6.54 Å². The van der Waals surface area contributed by atoms with Gasteiger partial charge in [-0.25, -0.2) is 0 Å². The normalized spacial score (nSPS) is 22.8. The molecule has 1 rings (SSSR count). The van der Waals surface area contributed by atoms with Crippen LogP contribution in [-0.4, -0.2) is 30.4 Å². The second-order valence-corrected chi connectivity index (χ2v) is 4.73. The van der Waals surface area contributed by atoms with E-state index in [1.165, 1.54) is 0 Å². The highest BCUT2D eigenvalue weighted by Crippen LogP contribution is 2.06. The van der Waals surface area contributed by atoms with E-state index in [9.17, 15) is 9.59 Å². The molecule has 2 unspecified atom stereocenters. The first-order valence-electron chi connectivity index (χ1n) is 5.84. The fourth-order valence-corrected chi connectivity index (χ4v) is 1.80. The fourth-order valence-electron chi connectivity index (χ4n) is 1.80. The zero-order valence-corrected chi connectivity index (χ0v) is 9.95. The van der Waals surface area contributed by atoms with Crippen LogP contribution in [0.2, 0.25) is 0 Å². The summed E-state index contributed by atoms with van der Waals surface area (Å²) in [5, 5.41) is 5.42. The quantitative estimate of drug-likeness (QED) is 0.619. The molecule has 0 aromatic rings. The van der Waals surface area contributed by atoms with E-state index in [4.69, 9.17) is 5.73 Å². The Bertz CT molecular complexity index is 266. The lowest BCUT2D eigenvalue weighted by Gasteiger charge is -2.24. The molecule has 1 heterocycles. The van der Waals surface area contributed by atoms with E-state index in [2.05, 4.69) is 10.6 Å². The van der Waals surface area contributed by atoms with Crippen LogP contribution in [-0.2, 0) is 9.59 Å². The minimum atomic E-state index is -0.519. The number of amides is 2. The van der Waals surface area contributed by atoms with Crippen LogP contribution >= 0.6 is 0 Å².